The Morgan fingerprint density at radius 1 is 0.879 bits per heavy atom. The molecule has 2 aliphatic heterocycles. The monoisotopic (exact) mass is 470 g/mol. The van der Waals surface area contributed by atoms with Gasteiger partial charge in [-0.25, -0.2) is 14.2 Å². The van der Waals surface area contributed by atoms with Crippen LogP contribution in [0.15, 0.2) is 48.5 Å². The third-order valence-electron chi connectivity index (χ3n) is 6.17. The number of halogens is 2. The quantitative estimate of drug-likeness (QED) is 0.620. The highest BCUT2D eigenvalue weighted by Crippen LogP contribution is 2.25. The summed E-state index contributed by atoms with van der Waals surface area (Å²) in [5.74, 6) is 1.18. The summed E-state index contributed by atoms with van der Waals surface area (Å²) in [6, 6.07) is 14.5. The summed E-state index contributed by atoms with van der Waals surface area (Å²) in [6.07, 6.45) is 2.20. The van der Waals surface area contributed by atoms with E-state index in [0.29, 0.717) is 38.7 Å². The number of carbonyl (C=O) groups is 1. The zero-order valence-corrected chi connectivity index (χ0v) is 19.2. The Bertz CT molecular complexity index is 1100. The predicted molar refractivity (Wildman–Crippen MR) is 131 cm³/mol. The molecule has 0 bridgehead atoms. The Morgan fingerprint density at radius 2 is 1.55 bits per heavy atom. The fourth-order valence-electron chi connectivity index (χ4n) is 4.33. The van der Waals surface area contributed by atoms with Crippen molar-refractivity contribution >= 4 is 41.1 Å². The van der Waals surface area contributed by atoms with Crippen LogP contribution in [0.5, 0.6) is 0 Å². The summed E-state index contributed by atoms with van der Waals surface area (Å²) in [5.41, 5.74) is 1.85. The Labute approximate surface area is 199 Å². The van der Waals surface area contributed by atoms with Crippen LogP contribution in [0.3, 0.4) is 0 Å². The summed E-state index contributed by atoms with van der Waals surface area (Å²) in [4.78, 5) is 28.3. The van der Waals surface area contributed by atoms with E-state index >= 15 is 0 Å². The molecule has 3 aromatic rings. The maximum atomic E-state index is 13.2. The van der Waals surface area contributed by atoms with Crippen LogP contribution in [0.25, 0.3) is 10.9 Å². The Hall–Kier alpha value is -3.13. The minimum Gasteiger partial charge on any atom is -0.365 e. The molecule has 2 aromatic carbocycles. The normalized spacial score (nSPS) is 16.1. The van der Waals surface area contributed by atoms with Gasteiger partial charge in [0.2, 0.25) is 5.95 Å². The highest BCUT2D eigenvalue weighted by molar-refractivity contribution is 5.90. The number of anilines is 2. The number of piperazine rings is 1. The summed E-state index contributed by atoms with van der Waals surface area (Å²) in [7, 11) is 0. The molecule has 3 heterocycles. The average Bonchev–Trinajstić information content (AvgIpc) is 3.38. The van der Waals surface area contributed by atoms with Gasteiger partial charge in [-0.2, -0.15) is 4.98 Å². The maximum Gasteiger partial charge on any atom is 0.320 e. The first-order valence-electron chi connectivity index (χ1n) is 11.2. The molecule has 33 heavy (non-hydrogen) atoms. The molecule has 5 rings (SSSR count). The first-order chi connectivity index (χ1) is 15.7. The van der Waals surface area contributed by atoms with Crippen LogP contribution in [0.4, 0.5) is 21.0 Å². The van der Waals surface area contributed by atoms with Crippen LogP contribution in [0, 0.1) is 5.82 Å². The van der Waals surface area contributed by atoms with E-state index < -0.39 is 0 Å². The number of likely N-dealkylation sites (tertiary alicyclic amines) is 1. The van der Waals surface area contributed by atoms with Gasteiger partial charge in [-0.3, -0.25) is 0 Å². The topological polar surface area (TPSA) is 64.6 Å². The molecule has 9 heteroatoms. The minimum atomic E-state index is -0.245. The van der Waals surface area contributed by atoms with Gasteiger partial charge in [0.25, 0.3) is 0 Å². The minimum absolute atomic E-state index is 0. The van der Waals surface area contributed by atoms with Crippen molar-refractivity contribution in [2.45, 2.75) is 19.4 Å². The second-order valence-corrected chi connectivity index (χ2v) is 8.32. The average molecular weight is 471 g/mol. The number of rotatable bonds is 4. The van der Waals surface area contributed by atoms with Crippen molar-refractivity contribution in [2.75, 3.05) is 49.5 Å². The molecule has 2 saturated heterocycles. The number of para-hydroxylation sites is 1. The molecule has 7 nitrogen and oxygen atoms in total. The molecule has 2 amide bonds. The largest absolute Gasteiger partial charge is 0.365 e. The highest BCUT2D eigenvalue weighted by Gasteiger charge is 2.28. The Morgan fingerprint density at radius 3 is 2.27 bits per heavy atom. The number of hydrogen-bond acceptors (Lipinski definition) is 5. The van der Waals surface area contributed by atoms with E-state index in [1.165, 1.54) is 12.1 Å². The summed E-state index contributed by atoms with van der Waals surface area (Å²) >= 11 is 0. The molecular formula is C24H28ClFN6O. The van der Waals surface area contributed by atoms with E-state index in [1.807, 2.05) is 34.1 Å². The number of benzene rings is 2. The van der Waals surface area contributed by atoms with Crippen LogP contribution in [0.2, 0.25) is 0 Å². The van der Waals surface area contributed by atoms with Gasteiger partial charge in [0.15, 0.2) is 0 Å². The molecule has 2 fully saturated rings. The number of urea groups is 1. The van der Waals surface area contributed by atoms with Gasteiger partial charge in [-0.15, -0.1) is 12.4 Å². The number of aromatic nitrogens is 2. The SMILES string of the molecule is Cl.O=C(N1CCCC1)N1CCN(c2nc(NCc3ccc(F)cc3)c3ccccc3n2)CC1. The number of hydrogen-bond donors (Lipinski definition) is 1. The number of nitrogens with one attached hydrogen (secondary N) is 1. The fraction of sp³-hybridized carbons (Fsp3) is 0.375. The third-order valence-corrected chi connectivity index (χ3v) is 6.17. The van der Waals surface area contributed by atoms with Gasteiger partial charge in [0, 0.05) is 51.2 Å². The lowest BCUT2D eigenvalue weighted by Crippen LogP contribution is -2.52. The zero-order valence-electron chi connectivity index (χ0n) is 18.4. The van der Waals surface area contributed by atoms with Crippen molar-refractivity contribution in [1.82, 2.24) is 19.8 Å². The van der Waals surface area contributed by atoms with Gasteiger partial charge in [0.1, 0.15) is 11.6 Å². The van der Waals surface area contributed by atoms with Gasteiger partial charge in [0.05, 0.1) is 5.52 Å². The van der Waals surface area contributed by atoms with Crippen molar-refractivity contribution in [3.63, 3.8) is 0 Å². The molecule has 0 radical (unpaired) electrons. The van der Waals surface area contributed by atoms with E-state index in [1.54, 1.807) is 12.1 Å². The predicted octanol–water partition coefficient (Wildman–Crippen LogP) is 4.14. The van der Waals surface area contributed by atoms with E-state index in [9.17, 15) is 9.18 Å². The van der Waals surface area contributed by atoms with E-state index in [0.717, 1.165) is 48.2 Å². The lowest BCUT2D eigenvalue weighted by molar-refractivity contribution is 0.159. The van der Waals surface area contributed by atoms with Crippen molar-refractivity contribution in [2.24, 2.45) is 0 Å². The molecule has 1 aromatic heterocycles. The van der Waals surface area contributed by atoms with Crippen molar-refractivity contribution in [1.29, 1.82) is 0 Å². The summed E-state index contributed by atoms with van der Waals surface area (Å²) in [6.45, 7) is 5.03. The fourth-order valence-corrected chi connectivity index (χ4v) is 4.33. The van der Waals surface area contributed by atoms with Crippen LogP contribution in [0.1, 0.15) is 18.4 Å². The van der Waals surface area contributed by atoms with Gasteiger partial charge in [-0.05, 0) is 42.7 Å². The van der Waals surface area contributed by atoms with Crippen molar-refractivity contribution in [3.8, 4) is 0 Å². The highest BCUT2D eigenvalue weighted by atomic mass is 35.5. The lowest BCUT2D eigenvalue weighted by atomic mass is 10.2. The zero-order chi connectivity index (χ0) is 21.9. The second kappa shape index (κ2) is 10.2. The van der Waals surface area contributed by atoms with Crippen LogP contribution < -0.4 is 10.2 Å². The molecule has 1 N–H and O–H groups in total. The molecule has 2 aliphatic rings. The molecule has 0 saturated carbocycles. The first-order valence-corrected chi connectivity index (χ1v) is 11.2. The molecular weight excluding hydrogens is 443 g/mol. The Balaban J connectivity index is 0.00000259. The number of carbonyl (C=O) groups excluding carboxylic acids is 1. The van der Waals surface area contributed by atoms with Crippen LogP contribution in [-0.4, -0.2) is 65.1 Å². The lowest BCUT2D eigenvalue weighted by Gasteiger charge is -2.36. The first kappa shape index (κ1) is 23.0. The second-order valence-electron chi connectivity index (χ2n) is 8.32. The van der Waals surface area contributed by atoms with Crippen molar-refractivity contribution in [3.05, 3.63) is 59.9 Å². The molecule has 0 aliphatic carbocycles. The van der Waals surface area contributed by atoms with Crippen LogP contribution in [-0.2, 0) is 6.54 Å². The van der Waals surface area contributed by atoms with Crippen LogP contribution >= 0.6 is 12.4 Å². The Kier molecular flexibility index (Phi) is 7.13. The number of nitrogens with zero attached hydrogens (tertiary/aromatic N) is 5. The standard InChI is InChI=1S/C24H27FN6O.ClH/c25-19-9-7-18(8-10-19)17-26-22-20-5-1-2-6-21(20)27-23(28-22)29-13-15-31(16-14-29)24(32)30-11-3-4-12-30;/h1-2,5-10H,3-4,11-17H2,(H,26,27,28);1H. The smallest absolute Gasteiger partial charge is 0.320 e. The number of amides is 2. The molecule has 174 valence electrons. The molecule has 0 unspecified atom stereocenters. The van der Waals surface area contributed by atoms with Crippen molar-refractivity contribution < 1.29 is 9.18 Å². The maximum absolute atomic E-state index is 13.2. The van der Waals surface area contributed by atoms with E-state index in [4.69, 9.17) is 9.97 Å². The summed E-state index contributed by atoms with van der Waals surface area (Å²) < 4.78 is 13.2. The summed E-state index contributed by atoms with van der Waals surface area (Å²) in [5, 5.41) is 4.34. The van der Waals surface area contributed by atoms with Gasteiger partial charge in [-0.1, -0.05) is 24.3 Å². The van der Waals surface area contributed by atoms with Gasteiger partial charge >= 0.3 is 6.03 Å². The van der Waals surface area contributed by atoms with E-state index in [2.05, 4.69) is 10.2 Å². The molecule has 0 spiro atoms. The van der Waals surface area contributed by atoms with E-state index in [-0.39, 0.29) is 24.3 Å². The number of fused-ring (bicyclic) bond motifs is 1. The van der Waals surface area contributed by atoms with Gasteiger partial charge < -0.3 is 20.0 Å². The third kappa shape index (κ3) is 5.11. The molecule has 0 atom stereocenters.